The van der Waals surface area contributed by atoms with Crippen molar-refractivity contribution in [3.05, 3.63) is 35.4 Å². The van der Waals surface area contributed by atoms with Crippen molar-refractivity contribution in [3.8, 4) is 0 Å². The summed E-state index contributed by atoms with van der Waals surface area (Å²) in [5.41, 5.74) is -0.647. The number of rotatable bonds is 4. The van der Waals surface area contributed by atoms with Crippen LogP contribution in [0.3, 0.4) is 0 Å². The van der Waals surface area contributed by atoms with E-state index in [4.69, 9.17) is 0 Å². The molecule has 0 saturated carbocycles. The number of benzene rings is 1. The fourth-order valence-electron chi connectivity index (χ4n) is 3.94. The molecule has 8 heteroatoms. The molecular weight excluding hydrogens is 376 g/mol. The first-order valence-corrected chi connectivity index (χ1v) is 9.18. The molecule has 2 heterocycles. The van der Waals surface area contributed by atoms with Gasteiger partial charge in [-0.3, -0.25) is 9.59 Å². The summed E-state index contributed by atoms with van der Waals surface area (Å²) >= 11 is 0. The Balaban J connectivity index is 0.00000261. The number of amides is 2. The van der Waals surface area contributed by atoms with Crippen LogP contribution in [0.1, 0.15) is 43.5 Å². The second kappa shape index (κ2) is 8.97. The van der Waals surface area contributed by atoms with Gasteiger partial charge in [0.25, 0.3) is 5.91 Å². The van der Waals surface area contributed by atoms with Gasteiger partial charge in [-0.1, -0.05) is 19.9 Å². The van der Waals surface area contributed by atoms with Crippen molar-refractivity contribution in [2.45, 2.75) is 51.2 Å². The van der Waals surface area contributed by atoms with E-state index in [1.54, 1.807) is 0 Å². The Morgan fingerprint density at radius 2 is 1.78 bits per heavy atom. The average molecular weight is 402 g/mol. The maximum absolute atomic E-state index is 13.9. The Morgan fingerprint density at radius 3 is 2.41 bits per heavy atom. The standard InChI is InChI=1S/C19H25F2N3O2.ClH/c1-11(2)17(23-18(25)16-14(20)4-3-5-15(16)21)19(26)24-12-6-7-13(24)10-22-9-8-12;/h3-5,11-13,17,22H,6-10H2,1-2H3,(H,23,25);1H. The molecule has 1 aromatic carbocycles. The van der Waals surface area contributed by atoms with Crippen molar-refractivity contribution < 1.29 is 18.4 Å². The zero-order chi connectivity index (χ0) is 18.8. The molecule has 0 radical (unpaired) electrons. The summed E-state index contributed by atoms with van der Waals surface area (Å²) in [7, 11) is 0. The lowest BCUT2D eigenvalue weighted by molar-refractivity contribution is -0.137. The third-order valence-corrected chi connectivity index (χ3v) is 5.32. The molecule has 2 aliphatic rings. The molecule has 2 bridgehead atoms. The van der Waals surface area contributed by atoms with E-state index in [2.05, 4.69) is 10.6 Å². The summed E-state index contributed by atoms with van der Waals surface area (Å²) in [5.74, 6) is -3.13. The van der Waals surface area contributed by atoms with Gasteiger partial charge in [-0.25, -0.2) is 8.78 Å². The van der Waals surface area contributed by atoms with Crippen LogP contribution in [0.2, 0.25) is 0 Å². The van der Waals surface area contributed by atoms with E-state index < -0.39 is 29.1 Å². The number of hydrogen-bond donors (Lipinski definition) is 2. The summed E-state index contributed by atoms with van der Waals surface area (Å²) in [6, 6.07) is 2.72. The zero-order valence-electron chi connectivity index (χ0n) is 15.5. The van der Waals surface area contributed by atoms with E-state index in [1.807, 2.05) is 18.7 Å². The number of carbonyl (C=O) groups is 2. The summed E-state index contributed by atoms with van der Waals surface area (Å²) in [5, 5.41) is 5.90. The molecule has 5 nitrogen and oxygen atoms in total. The Bertz CT molecular complexity index is 667. The quantitative estimate of drug-likeness (QED) is 0.814. The maximum Gasteiger partial charge on any atom is 0.257 e. The van der Waals surface area contributed by atoms with Gasteiger partial charge in [-0.2, -0.15) is 0 Å². The fourth-order valence-corrected chi connectivity index (χ4v) is 3.94. The highest BCUT2D eigenvalue weighted by Gasteiger charge is 2.41. The number of halogens is 3. The molecule has 3 unspecified atom stereocenters. The topological polar surface area (TPSA) is 61.4 Å². The lowest BCUT2D eigenvalue weighted by atomic mass is 10.0. The van der Waals surface area contributed by atoms with Gasteiger partial charge in [0.15, 0.2) is 0 Å². The molecule has 150 valence electrons. The smallest absolute Gasteiger partial charge is 0.257 e. The van der Waals surface area contributed by atoms with Gasteiger partial charge < -0.3 is 15.5 Å². The Kier molecular flexibility index (Phi) is 7.17. The summed E-state index contributed by atoms with van der Waals surface area (Å²) < 4.78 is 27.8. The molecule has 2 fully saturated rings. The van der Waals surface area contributed by atoms with E-state index in [0.717, 1.165) is 44.5 Å². The molecule has 2 amide bonds. The van der Waals surface area contributed by atoms with Crippen molar-refractivity contribution >= 4 is 24.2 Å². The van der Waals surface area contributed by atoms with Crippen LogP contribution in [-0.2, 0) is 4.79 Å². The Hall–Kier alpha value is -1.73. The van der Waals surface area contributed by atoms with Crippen molar-refractivity contribution in [3.63, 3.8) is 0 Å². The third kappa shape index (κ3) is 4.41. The Labute approximate surface area is 164 Å². The van der Waals surface area contributed by atoms with E-state index in [9.17, 15) is 18.4 Å². The van der Waals surface area contributed by atoms with Crippen LogP contribution in [0.5, 0.6) is 0 Å². The normalized spacial score (nSPS) is 22.8. The number of carbonyl (C=O) groups excluding carboxylic acids is 2. The SMILES string of the molecule is CC(C)C(NC(=O)c1c(F)cccc1F)C(=O)N1C2CCNCC1CC2.Cl. The number of nitrogens with one attached hydrogen (secondary N) is 2. The summed E-state index contributed by atoms with van der Waals surface area (Å²) in [6.45, 7) is 5.24. The van der Waals surface area contributed by atoms with E-state index in [-0.39, 0.29) is 36.3 Å². The van der Waals surface area contributed by atoms with Gasteiger partial charge in [-0.05, 0) is 43.9 Å². The molecule has 27 heavy (non-hydrogen) atoms. The van der Waals surface area contributed by atoms with Gasteiger partial charge in [0, 0.05) is 18.6 Å². The van der Waals surface area contributed by atoms with Crippen LogP contribution in [0.15, 0.2) is 18.2 Å². The first-order chi connectivity index (χ1) is 12.4. The van der Waals surface area contributed by atoms with Crippen molar-refractivity contribution in [2.24, 2.45) is 5.92 Å². The minimum absolute atomic E-state index is 0. The Morgan fingerprint density at radius 1 is 1.15 bits per heavy atom. The minimum Gasteiger partial charge on any atom is -0.340 e. The second-order valence-electron chi connectivity index (χ2n) is 7.42. The van der Waals surface area contributed by atoms with Crippen LogP contribution in [0, 0.1) is 17.6 Å². The molecule has 2 aliphatic heterocycles. The van der Waals surface area contributed by atoms with Gasteiger partial charge in [0.05, 0.1) is 0 Å². The van der Waals surface area contributed by atoms with Crippen LogP contribution < -0.4 is 10.6 Å². The van der Waals surface area contributed by atoms with Gasteiger partial charge in [-0.15, -0.1) is 12.4 Å². The molecule has 1 aromatic rings. The maximum atomic E-state index is 13.9. The average Bonchev–Trinajstić information content (AvgIpc) is 2.84. The molecule has 2 saturated heterocycles. The van der Waals surface area contributed by atoms with Crippen molar-refractivity contribution in [1.29, 1.82) is 0 Å². The number of nitrogens with zero attached hydrogens (tertiary/aromatic N) is 1. The molecule has 3 rings (SSSR count). The molecule has 0 aliphatic carbocycles. The monoisotopic (exact) mass is 401 g/mol. The zero-order valence-corrected chi connectivity index (χ0v) is 16.3. The highest BCUT2D eigenvalue weighted by atomic mass is 35.5. The predicted octanol–water partition coefficient (Wildman–Crippen LogP) is 2.49. The van der Waals surface area contributed by atoms with E-state index >= 15 is 0 Å². The van der Waals surface area contributed by atoms with Crippen molar-refractivity contribution in [2.75, 3.05) is 13.1 Å². The lowest BCUT2D eigenvalue weighted by Gasteiger charge is -2.33. The molecular formula is C19H26ClF2N3O2. The number of fused-ring (bicyclic) bond motifs is 2. The van der Waals surface area contributed by atoms with Gasteiger partial charge >= 0.3 is 0 Å². The van der Waals surface area contributed by atoms with Crippen LogP contribution in [-0.4, -0.2) is 47.9 Å². The predicted molar refractivity (Wildman–Crippen MR) is 101 cm³/mol. The van der Waals surface area contributed by atoms with Gasteiger partial charge in [0.1, 0.15) is 23.2 Å². The van der Waals surface area contributed by atoms with E-state index in [1.165, 1.54) is 6.07 Å². The molecule has 0 spiro atoms. The minimum atomic E-state index is -0.934. The highest BCUT2D eigenvalue weighted by molar-refractivity contribution is 5.98. The van der Waals surface area contributed by atoms with Gasteiger partial charge in [0.2, 0.25) is 5.91 Å². The third-order valence-electron chi connectivity index (χ3n) is 5.32. The molecule has 3 atom stereocenters. The van der Waals surface area contributed by atoms with E-state index in [0.29, 0.717) is 0 Å². The highest BCUT2D eigenvalue weighted by Crippen LogP contribution is 2.29. The van der Waals surface area contributed by atoms with Crippen molar-refractivity contribution in [1.82, 2.24) is 15.5 Å². The molecule has 0 aromatic heterocycles. The largest absolute Gasteiger partial charge is 0.340 e. The fraction of sp³-hybridized carbons (Fsp3) is 0.579. The lowest BCUT2D eigenvalue weighted by Crippen LogP contribution is -2.55. The first kappa shape index (κ1) is 21.6. The number of hydrogen-bond acceptors (Lipinski definition) is 3. The molecule has 2 N–H and O–H groups in total. The van der Waals surface area contributed by atoms with Crippen LogP contribution in [0.25, 0.3) is 0 Å². The summed E-state index contributed by atoms with van der Waals surface area (Å²) in [6.07, 6.45) is 2.77. The van der Waals surface area contributed by atoms with Crippen LogP contribution >= 0.6 is 12.4 Å². The van der Waals surface area contributed by atoms with Crippen LogP contribution in [0.4, 0.5) is 8.78 Å². The summed E-state index contributed by atoms with van der Waals surface area (Å²) in [4.78, 5) is 27.5. The first-order valence-electron chi connectivity index (χ1n) is 9.18. The second-order valence-corrected chi connectivity index (χ2v) is 7.42.